The van der Waals surface area contributed by atoms with Gasteiger partial charge in [-0.3, -0.25) is 9.40 Å². The van der Waals surface area contributed by atoms with Crippen LogP contribution in [-0.2, 0) is 24.8 Å². The van der Waals surface area contributed by atoms with Crippen LogP contribution in [0.15, 0.2) is 34.3 Å². The molecule has 2 aromatic heterocycles. The summed E-state index contributed by atoms with van der Waals surface area (Å²) >= 11 is 26.4. The summed E-state index contributed by atoms with van der Waals surface area (Å²) in [5, 5.41) is 8.53. The lowest BCUT2D eigenvalue weighted by atomic mass is 9.97. The number of thiophene rings is 1. The molecule has 1 aromatic carbocycles. The molecule has 1 aliphatic heterocycles. The van der Waals surface area contributed by atoms with Crippen LogP contribution in [0.2, 0.25) is 19.4 Å². The highest BCUT2D eigenvalue weighted by Gasteiger charge is 2.27. The van der Waals surface area contributed by atoms with Crippen LogP contribution in [0.5, 0.6) is 0 Å². The maximum atomic E-state index is 15.2. The van der Waals surface area contributed by atoms with Crippen LogP contribution in [0.3, 0.4) is 0 Å². The summed E-state index contributed by atoms with van der Waals surface area (Å²) in [7, 11) is 1.78. The van der Waals surface area contributed by atoms with Gasteiger partial charge in [0.15, 0.2) is 0 Å². The Morgan fingerprint density at radius 1 is 1.24 bits per heavy atom. The Morgan fingerprint density at radius 3 is 2.74 bits per heavy atom. The third-order valence-electron chi connectivity index (χ3n) is 5.00. The lowest BCUT2D eigenvalue weighted by Gasteiger charge is -2.19. The van der Waals surface area contributed by atoms with E-state index >= 15 is 4.39 Å². The molecule has 0 spiro atoms. The average molecular weight is 582 g/mol. The Labute approximate surface area is 223 Å². The van der Waals surface area contributed by atoms with Gasteiger partial charge in [-0.1, -0.05) is 52.5 Å². The molecule has 0 bridgehead atoms. The molecule has 0 saturated carbocycles. The molecule has 6 nitrogen and oxygen atoms in total. The summed E-state index contributed by atoms with van der Waals surface area (Å²) in [5.74, 6) is -0.514. The quantitative estimate of drug-likeness (QED) is 0.311. The van der Waals surface area contributed by atoms with Crippen LogP contribution in [0, 0.1) is 0 Å². The van der Waals surface area contributed by atoms with Gasteiger partial charge in [0.25, 0.3) is 0 Å². The number of benzene rings is 1. The molecule has 0 saturated heterocycles. The van der Waals surface area contributed by atoms with E-state index in [1.54, 1.807) is 29.9 Å². The van der Waals surface area contributed by atoms with Gasteiger partial charge in [-0.05, 0) is 35.7 Å². The second-order valence-corrected chi connectivity index (χ2v) is 11.3. The number of fused-ring (bicyclic) bond motifs is 1. The molecule has 0 aliphatic carbocycles. The highest BCUT2D eigenvalue weighted by Crippen LogP contribution is 2.36. The normalized spacial score (nSPS) is 14.6. The monoisotopic (exact) mass is 580 g/mol. The summed E-state index contributed by atoms with van der Waals surface area (Å²) in [6.45, 7) is 0.0586. The molecule has 2 amide bonds. The van der Waals surface area contributed by atoms with Gasteiger partial charge in [0, 0.05) is 34.7 Å². The Balaban J connectivity index is 1.49. The first-order chi connectivity index (χ1) is 16.2. The molecule has 0 fully saturated rings. The third-order valence-corrected chi connectivity index (χ3v) is 8.35. The summed E-state index contributed by atoms with van der Waals surface area (Å²) in [6.07, 6.45) is 0.395. The van der Waals surface area contributed by atoms with Crippen LogP contribution >= 0.6 is 69.7 Å². The molecule has 34 heavy (non-hydrogen) atoms. The molecule has 0 atom stereocenters. The number of aromatic nitrogens is 2. The summed E-state index contributed by atoms with van der Waals surface area (Å²) < 4.78 is 26.2. The zero-order valence-electron chi connectivity index (χ0n) is 17.6. The Bertz CT molecular complexity index is 1260. The van der Waals surface area contributed by atoms with Crippen molar-refractivity contribution in [1.82, 2.24) is 19.8 Å². The van der Waals surface area contributed by atoms with E-state index in [0.29, 0.717) is 53.5 Å². The van der Waals surface area contributed by atoms with Crippen molar-refractivity contribution in [2.75, 3.05) is 13.2 Å². The van der Waals surface area contributed by atoms with Crippen molar-refractivity contribution < 1.29 is 13.9 Å². The van der Waals surface area contributed by atoms with Crippen LogP contribution in [0.25, 0.3) is 5.57 Å². The number of aryl methyl sites for hydroxylation is 1. The molecule has 0 unspecified atom stereocenters. The summed E-state index contributed by atoms with van der Waals surface area (Å²) in [4.78, 5) is 12.2. The fourth-order valence-corrected chi connectivity index (χ4v) is 6.18. The first-order valence-electron chi connectivity index (χ1n) is 9.82. The third kappa shape index (κ3) is 5.84. The predicted octanol–water partition coefficient (Wildman–Crippen LogP) is 6.90. The first-order valence-corrected chi connectivity index (χ1v) is 13.0. The fourth-order valence-electron chi connectivity index (χ4n) is 3.41. The van der Waals surface area contributed by atoms with Gasteiger partial charge in [0.1, 0.15) is 10.2 Å². The fraction of sp³-hybridized carbons (Fsp3) is 0.238. The molecule has 0 radical (unpaired) electrons. The number of halogens is 5. The molecule has 3 aromatic rings. The van der Waals surface area contributed by atoms with E-state index in [1.807, 2.05) is 6.07 Å². The lowest BCUT2D eigenvalue weighted by Crippen LogP contribution is -2.32. The molecule has 4 rings (SSSR count). The minimum Gasteiger partial charge on any atom is -0.370 e. The van der Waals surface area contributed by atoms with E-state index in [-0.39, 0.29) is 13.2 Å². The number of rotatable bonds is 6. The summed E-state index contributed by atoms with van der Waals surface area (Å²) in [5.41, 5.74) is 3.27. The Kier molecular flexibility index (Phi) is 8.35. The molecule has 2 N–H and O–H groups in total. The van der Waals surface area contributed by atoms with Crippen LogP contribution in [0.1, 0.15) is 22.5 Å². The number of carbonyl (C=O) groups is 1. The van der Waals surface area contributed by atoms with Gasteiger partial charge in [-0.25, -0.2) is 9.18 Å². The number of nitrogens with zero attached hydrogens (tertiary/aromatic N) is 2. The van der Waals surface area contributed by atoms with Gasteiger partial charge >= 0.3 is 6.03 Å². The van der Waals surface area contributed by atoms with E-state index in [0.717, 1.165) is 23.2 Å². The molecule has 13 heteroatoms. The van der Waals surface area contributed by atoms with E-state index in [4.69, 9.17) is 51.1 Å². The smallest absolute Gasteiger partial charge is 0.325 e. The highest BCUT2D eigenvalue weighted by atomic mass is 35.5. The maximum absolute atomic E-state index is 15.2. The maximum Gasteiger partial charge on any atom is 0.325 e. The number of hydrogen-bond donors (Lipinski definition) is 2. The minimum atomic E-state index is -0.558. The molecule has 1 aliphatic rings. The minimum absolute atomic E-state index is 0.0656. The zero-order chi connectivity index (χ0) is 24.4. The Morgan fingerprint density at radius 2 is 2.03 bits per heavy atom. The second kappa shape index (κ2) is 11.1. The summed E-state index contributed by atoms with van der Waals surface area (Å²) in [6, 6.07) is 6.31. The van der Waals surface area contributed by atoms with Crippen molar-refractivity contribution in [2.24, 2.45) is 7.05 Å². The highest BCUT2D eigenvalue weighted by molar-refractivity contribution is 7.99. The van der Waals surface area contributed by atoms with Gasteiger partial charge in [0.05, 0.1) is 40.4 Å². The molecule has 3 heterocycles. The van der Waals surface area contributed by atoms with E-state index < -0.39 is 11.9 Å². The van der Waals surface area contributed by atoms with Gasteiger partial charge in [-0.2, -0.15) is 5.10 Å². The largest absolute Gasteiger partial charge is 0.370 e. The topological polar surface area (TPSA) is 68.2 Å². The van der Waals surface area contributed by atoms with Crippen molar-refractivity contribution in [3.63, 3.8) is 0 Å². The number of ether oxygens (including phenoxy) is 1. The van der Waals surface area contributed by atoms with E-state index in [2.05, 4.69) is 15.1 Å². The number of carbonyl (C=O) groups excluding carboxylic acids is 1. The molecule has 180 valence electrons. The van der Waals surface area contributed by atoms with Crippen molar-refractivity contribution in [1.29, 1.82) is 0 Å². The van der Waals surface area contributed by atoms with E-state index in [9.17, 15) is 4.79 Å². The number of urea groups is 1. The van der Waals surface area contributed by atoms with Crippen molar-refractivity contribution in [3.8, 4) is 0 Å². The van der Waals surface area contributed by atoms with Crippen LogP contribution in [-0.4, -0.2) is 29.0 Å². The number of amides is 2. The second-order valence-electron chi connectivity index (χ2n) is 7.25. The average Bonchev–Trinajstić information content (AvgIpc) is 3.30. The zero-order valence-corrected chi connectivity index (χ0v) is 22.2. The SMILES string of the molecule is Cn1nc(Cc2ccc(Cl)cc2Cl)c2c1COC/C2=C(/F)CNC(=O)NSc1cc(Cl)c(Cl)s1. The standard InChI is InChI=1S/C21H17Cl4FN4O2S2/c1-30-17-9-32-8-12(19(17)16(28-30)4-10-2-3-11(22)5-13(10)23)15(26)7-27-21(31)29-34-18-6-14(24)20(25)33-18/h2-3,5-6H,4,7-9H2,1H3,(H2,27,29,31)/b15-12-. The Hall–Kier alpha value is -1.46. The first kappa shape index (κ1) is 25.6. The van der Waals surface area contributed by atoms with Gasteiger partial charge < -0.3 is 10.1 Å². The van der Waals surface area contributed by atoms with Crippen LogP contribution < -0.4 is 10.0 Å². The number of nitrogens with one attached hydrogen (secondary N) is 2. The van der Waals surface area contributed by atoms with Crippen molar-refractivity contribution in [2.45, 2.75) is 17.2 Å². The molecular formula is C21H17Cl4FN4O2S2. The van der Waals surface area contributed by atoms with Crippen molar-refractivity contribution in [3.05, 3.63) is 72.0 Å². The van der Waals surface area contributed by atoms with Gasteiger partial charge in [0.2, 0.25) is 0 Å². The predicted molar refractivity (Wildman–Crippen MR) is 137 cm³/mol. The van der Waals surface area contributed by atoms with E-state index in [1.165, 1.54) is 11.3 Å². The lowest BCUT2D eigenvalue weighted by molar-refractivity contribution is 0.139. The van der Waals surface area contributed by atoms with Crippen molar-refractivity contribution >= 4 is 81.3 Å². The van der Waals surface area contributed by atoms with Gasteiger partial charge in [-0.15, -0.1) is 11.3 Å². The molecular weight excluding hydrogens is 565 g/mol. The number of hydrogen-bond acceptors (Lipinski definition) is 5. The van der Waals surface area contributed by atoms with Crippen LogP contribution in [0.4, 0.5) is 9.18 Å².